The molecule has 1 aromatic heterocycles. The molecule has 0 N–H and O–H groups in total. The van der Waals surface area contributed by atoms with Gasteiger partial charge in [-0.05, 0) is 43.9 Å². The first-order valence-electron chi connectivity index (χ1n) is 9.41. The van der Waals surface area contributed by atoms with E-state index in [-0.39, 0.29) is 11.2 Å². The van der Waals surface area contributed by atoms with Gasteiger partial charge in [0.05, 0.1) is 16.7 Å². The molecule has 0 atom stereocenters. The molecule has 0 amide bonds. The predicted molar refractivity (Wildman–Crippen MR) is 112 cm³/mol. The van der Waals surface area contributed by atoms with Gasteiger partial charge in [-0.15, -0.1) is 0 Å². The van der Waals surface area contributed by atoms with Gasteiger partial charge in [0.2, 0.25) is 0 Å². The van der Waals surface area contributed by atoms with Crippen LogP contribution in [0.4, 0.5) is 0 Å². The molecule has 1 aliphatic rings. The van der Waals surface area contributed by atoms with Gasteiger partial charge in [0.15, 0.2) is 0 Å². The lowest BCUT2D eigenvalue weighted by molar-refractivity contribution is 0.00578. The van der Waals surface area contributed by atoms with E-state index in [2.05, 4.69) is 82.3 Å². The number of nitrogens with zero attached hydrogens (tertiary/aromatic N) is 1. The molecule has 1 fully saturated rings. The highest BCUT2D eigenvalue weighted by Crippen LogP contribution is 2.37. The number of pyridine rings is 1. The van der Waals surface area contributed by atoms with Crippen molar-refractivity contribution in [3.8, 4) is 0 Å². The maximum Gasteiger partial charge on any atom is 0.496 e. The summed E-state index contributed by atoms with van der Waals surface area (Å²) in [6.45, 7) is 8.28. The fourth-order valence-corrected chi connectivity index (χ4v) is 3.81. The van der Waals surface area contributed by atoms with Crippen molar-refractivity contribution < 1.29 is 9.31 Å². The highest BCUT2D eigenvalue weighted by atomic mass is 16.7. The summed E-state index contributed by atoms with van der Waals surface area (Å²) in [6.07, 6.45) is 1.89. The van der Waals surface area contributed by atoms with Crippen LogP contribution in [-0.2, 0) is 9.31 Å². The summed E-state index contributed by atoms with van der Waals surface area (Å²) in [4.78, 5) is 4.84. The minimum atomic E-state index is -0.393. The molecule has 3 nitrogen and oxygen atoms in total. The van der Waals surface area contributed by atoms with Gasteiger partial charge < -0.3 is 9.31 Å². The smallest absolute Gasteiger partial charge is 0.399 e. The number of rotatable bonds is 1. The van der Waals surface area contributed by atoms with Gasteiger partial charge in [-0.2, -0.15) is 0 Å². The fraction of sp³-hybridized carbons (Fsp3) is 0.261. The van der Waals surface area contributed by atoms with Gasteiger partial charge >= 0.3 is 7.12 Å². The van der Waals surface area contributed by atoms with Gasteiger partial charge in [0, 0.05) is 22.4 Å². The Bertz CT molecular complexity index is 1180. The molecule has 2 heterocycles. The SMILES string of the molecule is CC1(C)OB(c2cnc3c(ccc4ccc5ccccc5c43)c2)OC1(C)C. The van der Waals surface area contributed by atoms with E-state index in [1.165, 1.54) is 21.5 Å². The monoisotopic (exact) mass is 355 g/mol. The average molecular weight is 355 g/mol. The predicted octanol–water partition coefficient (Wildman–Crippen LogP) is 4.84. The van der Waals surface area contributed by atoms with Crippen molar-refractivity contribution in [2.75, 3.05) is 0 Å². The van der Waals surface area contributed by atoms with Gasteiger partial charge in [-0.3, -0.25) is 4.98 Å². The van der Waals surface area contributed by atoms with Crippen LogP contribution >= 0.6 is 0 Å². The summed E-state index contributed by atoms with van der Waals surface area (Å²) < 4.78 is 12.4. The third kappa shape index (κ3) is 2.48. The molecular formula is C23H22BNO2. The van der Waals surface area contributed by atoms with Crippen LogP contribution in [-0.4, -0.2) is 23.3 Å². The van der Waals surface area contributed by atoms with Crippen LogP contribution in [0, 0.1) is 0 Å². The Labute approximate surface area is 159 Å². The van der Waals surface area contributed by atoms with E-state index in [4.69, 9.17) is 14.3 Å². The fourth-order valence-electron chi connectivity index (χ4n) is 3.81. The van der Waals surface area contributed by atoms with E-state index in [0.29, 0.717) is 0 Å². The summed E-state index contributed by atoms with van der Waals surface area (Å²) in [7, 11) is -0.393. The third-order valence-electron chi connectivity index (χ3n) is 6.10. The van der Waals surface area contributed by atoms with Crippen molar-refractivity contribution in [3.63, 3.8) is 0 Å². The zero-order valence-electron chi connectivity index (χ0n) is 16.1. The molecule has 0 aliphatic carbocycles. The van der Waals surface area contributed by atoms with E-state index in [9.17, 15) is 0 Å². The molecular weight excluding hydrogens is 333 g/mol. The quantitative estimate of drug-likeness (QED) is 0.362. The second-order valence-electron chi connectivity index (χ2n) is 8.38. The number of fused-ring (bicyclic) bond motifs is 5. The molecule has 4 aromatic rings. The standard InChI is InChI=1S/C23H22BNO2/c1-22(2)23(3,4)27-24(26-22)18-13-17-12-11-16-10-9-15-7-5-6-8-19(15)20(16)21(17)25-14-18/h5-14H,1-4H3. The highest BCUT2D eigenvalue weighted by Gasteiger charge is 2.51. The van der Waals surface area contributed by atoms with Gasteiger partial charge in [0.25, 0.3) is 0 Å². The minimum Gasteiger partial charge on any atom is -0.399 e. The lowest BCUT2D eigenvalue weighted by atomic mass is 9.79. The van der Waals surface area contributed by atoms with Crippen LogP contribution in [0.5, 0.6) is 0 Å². The maximum absolute atomic E-state index is 6.19. The van der Waals surface area contributed by atoms with E-state index in [0.717, 1.165) is 16.4 Å². The lowest BCUT2D eigenvalue weighted by Gasteiger charge is -2.32. The lowest BCUT2D eigenvalue weighted by Crippen LogP contribution is -2.41. The summed E-state index contributed by atoms with van der Waals surface area (Å²) in [5.74, 6) is 0. The molecule has 134 valence electrons. The first-order valence-corrected chi connectivity index (χ1v) is 9.41. The van der Waals surface area contributed by atoms with E-state index in [1.807, 2.05) is 6.20 Å². The molecule has 0 saturated carbocycles. The van der Waals surface area contributed by atoms with Gasteiger partial charge in [-0.1, -0.05) is 54.6 Å². The average Bonchev–Trinajstić information content (AvgIpc) is 2.88. The van der Waals surface area contributed by atoms with Crippen LogP contribution in [0.15, 0.2) is 60.8 Å². The van der Waals surface area contributed by atoms with E-state index < -0.39 is 7.12 Å². The van der Waals surface area contributed by atoms with Crippen molar-refractivity contribution in [1.29, 1.82) is 0 Å². The molecule has 27 heavy (non-hydrogen) atoms. The maximum atomic E-state index is 6.19. The van der Waals surface area contributed by atoms with Crippen LogP contribution in [0.25, 0.3) is 32.4 Å². The first-order chi connectivity index (χ1) is 12.9. The Balaban J connectivity index is 1.69. The molecule has 0 unspecified atom stereocenters. The van der Waals surface area contributed by atoms with E-state index >= 15 is 0 Å². The Morgan fingerprint density at radius 3 is 2.15 bits per heavy atom. The number of hydrogen-bond donors (Lipinski definition) is 0. The second-order valence-corrected chi connectivity index (χ2v) is 8.38. The summed E-state index contributed by atoms with van der Waals surface area (Å²) in [5.41, 5.74) is 1.27. The van der Waals surface area contributed by atoms with Crippen molar-refractivity contribution in [2.24, 2.45) is 0 Å². The van der Waals surface area contributed by atoms with Crippen molar-refractivity contribution in [1.82, 2.24) is 4.98 Å². The summed E-state index contributed by atoms with van der Waals surface area (Å²) >= 11 is 0. The zero-order valence-corrected chi connectivity index (χ0v) is 16.1. The molecule has 0 spiro atoms. The van der Waals surface area contributed by atoms with Crippen LogP contribution < -0.4 is 5.46 Å². The third-order valence-corrected chi connectivity index (χ3v) is 6.10. The van der Waals surface area contributed by atoms with Crippen molar-refractivity contribution in [2.45, 2.75) is 38.9 Å². The van der Waals surface area contributed by atoms with Crippen LogP contribution in [0.2, 0.25) is 0 Å². The largest absolute Gasteiger partial charge is 0.496 e. The molecule has 4 heteroatoms. The molecule has 0 radical (unpaired) electrons. The Morgan fingerprint density at radius 2 is 1.41 bits per heavy atom. The molecule has 5 rings (SSSR count). The Morgan fingerprint density at radius 1 is 0.778 bits per heavy atom. The Kier molecular flexibility index (Phi) is 3.43. The second kappa shape index (κ2) is 5.54. The molecule has 1 aliphatic heterocycles. The first kappa shape index (κ1) is 16.7. The number of benzene rings is 3. The minimum absolute atomic E-state index is 0.355. The van der Waals surface area contributed by atoms with Crippen molar-refractivity contribution in [3.05, 3.63) is 60.8 Å². The normalized spacial score (nSPS) is 18.6. The Hall–Kier alpha value is -2.43. The molecule has 1 saturated heterocycles. The summed E-state index contributed by atoms with van der Waals surface area (Å²) in [5, 5.41) is 5.97. The van der Waals surface area contributed by atoms with Crippen LogP contribution in [0.3, 0.4) is 0 Å². The summed E-state index contributed by atoms with van der Waals surface area (Å²) in [6, 6.07) is 19.2. The zero-order chi connectivity index (χ0) is 18.8. The van der Waals surface area contributed by atoms with Gasteiger partial charge in [-0.25, -0.2) is 0 Å². The number of aromatic nitrogens is 1. The topological polar surface area (TPSA) is 31.4 Å². The molecule has 0 bridgehead atoms. The highest BCUT2D eigenvalue weighted by molar-refractivity contribution is 6.62. The number of hydrogen-bond acceptors (Lipinski definition) is 3. The van der Waals surface area contributed by atoms with Gasteiger partial charge in [0.1, 0.15) is 0 Å². The van der Waals surface area contributed by atoms with Crippen molar-refractivity contribution >= 4 is 45.0 Å². The van der Waals surface area contributed by atoms with E-state index in [1.54, 1.807) is 0 Å². The van der Waals surface area contributed by atoms with Crippen LogP contribution in [0.1, 0.15) is 27.7 Å². The molecule has 3 aromatic carbocycles.